The Kier molecular flexibility index (Phi) is 4.98. The van der Waals surface area contributed by atoms with Crippen LogP contribution >= 0.6 is 0 Å². The molecular weight excluding hydrogens is 490 g/mol. The minimum absolute atomic E-state index is 0.106. The minimum Gasteiger partial charge on any atom is -0.502 e. The van der Waals surface area contributed by atoms with Gasteiger partial charge < -0.3 is 33.2 Å². The number of phenolic OH excluding ortho intramolecular Hbond substituents is 1. The number of oxazole rings is 1. The minimum atomic E-state index is -0.538. The lowest BCUT2D eigenvalue weighted by Gasteiger charge is -2.38. The lowest BCUT2D eigenvalue weighted by atomic mass is 9.62. The molecule has 4 atom stereocenters. The maximum atomic E-state index is 13.4. The average molecular weight is 516 g/mol. The topological polar surface area (TPSA) is 109 Å². The molecule has 0 unspecified atom stereocenters. The smallest absolute Gasteiger partial charge is 0.310 e. The van der Waals surface area contributed by atoms with Crippen LogP contribution in [-0.4, -0.2) is 43.7 Å². The molecule has 3 aliphatic rings. The van der Waals surface area contributed by atoms with Crippen LogP contribution in [0.1, 0.15) is 40.0 Å². The van der Waals surface area contributed by atoms with Gasteiger partial charge in [0.15, 0.2) is 28.6 Å². The van der Waals surface area contributed by atoms with Gasteiger partial charge in [-0.2, -0.15) is 0 Å². The zero-order valence-electron chi connectivity index (χ0n) is 21.0. The number of esters is 1. The number of carbonyl (C=O) groups is 1. The van der Waals surface area contributed by atoms with Gasteiger partial charge in [-0.25, -0.2) is 4.98 Å². The quantitative estimate of drug-likeness (QED) is 0.388. The van der Waals surface area contributed by atoms with Crippen molar-refractivity contribution in [2.75, 3.05) is 27.6 Å². The van der Waals surface area contributed by atoms with Crippen molar-refractivity contribution in [1.29, 1.82) is 0 Å². The second-order valence-corrected chi connectivity index (χ2v) is 9.91. The van der Waals surface area contributed by atoms with Crippen LogP contribution < -0.4 is 18.9 Å². The molecule has 1 N–H and O–H groups in total. The molecule has 1 saturated heterocycles. The first kappa shape index (κ1) is 22.8. The highest BCUT2D eigenvalue weighted by atomic mass is 16.7. The summed E-state index contributed by atoms with van der Waals surface area (Å²) in [6.45, 7) is 2.35. The van der Waals surface area contributed by atoms with Gasteiger partial charge in [0.05, 0.1) is 32.7 Å². The number of phenols is 1. The van der Waals surface area contributed by atoms with E-state index in [0.717, 1.165) is 27.8 Å². The maximum Gasteiger partial charge on any atom is 0.310 e. The van der Waals surface area contributed by atoms with Crippen molar-refractivity contribution in [3.8, 4) is 28.7 Å². The fraction of sp³-hybridized carbons (Fsp3) is 0.310. The van der Waals surface area contributed by atoms with Gasteiger partial charge in [-0.15, -0.1) is 0 Å². The zero-order chi connectivity index (χ0) is 26.1. The Morgan fingerprint density at radius 1 is 0.921 bits per heavy atom. The third-order valence-electron chi connectivity index (χ3n) is 7.87. The highest BCUT2D eigenvalue weighted by Crippen LogP contribution is 2.57. The molecule has 0 amide bonds. The van der Waals surface area contributed by atoms with Crippen molar-refractivity contribution in [3.05, 3.63) is 70.6 Å². The third kappa shape index (κ3) is 3.24. The van der Waals surface area contributed by atoms with Gasteiger partial charge in [-0.1, -0.05) is 6.07 Å². The van der Waals surface area contributed by atoms with E-state index in [1.54, 1.807) is 12.1 Å². The molecule has 0 spiro atoms. The normalized spacial score (nSPS) is 23.2. The standard InChI is InChI=1S/C29H25NO8/c1-13-4-5-19-18(6-13)30-28(38-19)25-16-10-21-20(36-12-37-21)9-15(16)24(26-17(25)11-35-29(26)32)14-7-22(33-2)27(31)23(8-14)34-3/h4-10,17,24-26,31H,11-12H2,1-3H3/t17-,24-,25-,26+/m1/s1. The number of aryl methyl sites for hydroxylation is 1. The summed E-state index contributed by atoms with van der Waals surface area (Å²) in [7, 11) is 2.95. The number of aromatic nitrogens is 1. The molecule has 1 aliphatic carbocycles. The predicted octanol–water partition coefficient (Wildman–Crippen LogP) is 4.65. The van der Waals surface area contributed by atoms with Crippen molar-refractivity contribution in [2.45, 2.75) is 18.8 Å². The first-order chi connectivity index (χ1) is 18.5. The Labute approximate surface area is 217 Å². The zero-order valence-corrected chi connectivity index (χ0v) is 21.0. The molecular formula is C29H25NO8. The molecule has 4 aromatic rings. The summed E-state index contributed by atoms with van der Waals surface area (Å²) in [6, 6.07) is 13.2. The van der Waals surface area contributed by atoms with Gasteiger partial charge in [0.1, 0.15) is 5.52 Å². The second-order valence-electron chi connectivity index (χ2n) is 9.91. The SMILES string of the molecule is COc1cc([C@@H]2c3cc4c(cc3[C@@H](c3nc5cc(C)ccc5o3)[C@H]3COC(=O)[C@H]23)OCO4)cc(OC)c1O. The van der Waals surface area contributed by atoms with Crippen molar-refractivity contribution in [3.63, 3.8) is 0 Å². The second kappa shape index (κ2) is 8.31. The Bertz CT molecular complexity index is 1580. The van der Waals surface area contributed by atoms with E-state index in [0.29, 0.717) is 23.0 Å². The van der Waals surface area contributed by atoms with E-state index in [1.165, 1.54) is 14.2 Å². The Morgan fingerprint density at radius 2 is 1.61 bits per heavy atom. The molecule has 38 heavy (non-hydrogen) atoms. The largest absolute Gasteiger partial charge is 0.502 e. The number of benzene rings is 3. The average Bonchev–Trinajstić information content (AvgIpc) is 3.64. The number of nitrogens with zero attached hydrogens (tertiary/aromatic N) is 1. The lowest BCUT2D eigenvalue weighted by Crippen LogP contribution is -2.35. The van der Waals surface area contributed by atoms with Gasteiger partial charge in [0, 0.05) is 11.8 Å². The van der Waals surface area contributed by atoms with Crippen LogP contribution in [0, 0.1) is 18.8 Å². The predicted molar refractivity (Wildman–Crippen MR) is 134 cm³/mol. The van der Waals surface area contributed by atoms with Gasteiger partial charge in [-0.3, -0.25) is 4.79 Å². The molecule has 2 aliphatic heterocycles. The van der Waals surface area contributed by atoms with E-state index in [9.17, 15) is 9.90 Å². The molecule has 1 aromatic heterocycles. The summed E-state index contributed by atoms with van der Waals surface area (Å²) in [5.41, 5.74) is 5.07. The maximum absolute atomic E-state index is 13.4. The van der Waals surface area contributed by atoms with Gasteiger partial charge in [-0.05, 0) is 65.6 Å². The van der Waals surface area contributed by atoms with E-state index in [-0.39, 0.29) is 48.5 Å². The van der Waals surface area contributed by atoms with Crippen molar-refractivity contribution < 1.29 is 38.0 Å². The van der Waals surface area contributed by atoms with Crippen LogP contribution in [0.25, 0.3) is 11.1 Å². The molecule has 3 aromatic carbocycles. The number of fused-ring (bicyclic) bond motifs is 4. The van der Waals surface area contributed by atoms with E-state index < -0.39 is 11.8 Å². The van der Waals surface area contributed by atoms with E-state index in [1.807, 2.05) is 37.3 Å². The van der Waals surface area contributed by atoms with Crippen LogP contribution in [0.5, 0.6) is 28.7 Å². The Morgan fingerprint density at radius 3 is 2.29 bits per heavy atom. The summed E-state index contributed by atoms with van der Waals surface area (Å²) < 4.78 is 34.3. The Balaban J connectivity index is 1.48. The van der Waals surface area contributed by atoms with Crippen molar-refractivity contribution in [2.24, 2.45) is 11.8 Å². The van der Waals surface area contributed by atoms with Crippen LogP contribution in [0.4, 0.5) is 0 Å². The summed E-state index contributed by atoms with van der Waals surface area (Å²) in [5.74, 6) is 0.292. The molecule has 194 valence electrons. The summed E-state index contributed by atoms with van der Waals surface area (Å²) >= 11 is 0. The number of hydrogen-bond acceptors (Lipinski definition) is 9. The molecule has 3 heterocycles. The van der Waals surface area contributed by atoms with E-state index in [4.69, 9.17) is 33.1 Å². The lowest BCUT2D eigenvalue weighted by molar-refractivity contribution is -0.141. The molecule has 0 radical (unpaired) electrons. The van der Waals surface area contributed by atoms with Crippen molar-refractivity contribution in [1.82, 2.24) is 4.98 Å². The highest BCUT2D eigenvalue weighted by Gasteiger charge is 2.54. The fourth-order valence-corrected chi connectivity index (χ4v) is 6.16. The number of rotatable bonds is 4. The van der Waals surface area contributed by atoms with Crippen LogP contribution in [0.3, 0.4) is 0 Å². The molecule has 0 bridgehead atoms. The molecule has 9 nitrogen and oxygen atoms in total. The molecule has 7 rings (SSSR count). The van der Waals surface area contributed by atoms with Crippen molar-refractivity contribution >= 4 is 17.1 Å². The summed E-state index contributed by atoms with van der Waals surface area (Å²) in [6.07, 6.45) is 0. The van der Waals surface area contributed by atoms with Crippen LogP contribution in [-0.2, 0) is 9.53 Å². The number of cyclic esters (lactones) is 1. The van der Waals surface area contributed by atoms with E-state index in [2.05, 4.69) is 0 Å². The first-order valence-electron chi connectivity index (χ1n) is 12.4. The van der Waals surface area contributed by atoms with Crippen LogP contribution in [0.2, 0.25) is 0 Å². The fourth-order valence-electron chi connectivity index (χ4n) is 6.16. The van der Waals surface area contributed by atoms with Gasteiger partial charge >= 0.3 is 5.97 Å². The monoisotopic (exact) mass is 515 g/mol. The number of aromatic hydroxyl groups is 1. The number of ether oxygens (including phenoxy) is 5. The number of methoxy groups -OCH3 is 2. The molecule has 1 fully saturated rings. The first-order valence-corrected chi connectivity index (χ1v) is 12.4. The van der Waals surface area contributed by atoms with Gasteiger partial charge in [0.2, 0.25) is 18.4 Å². The summed E-state index contributed by atoms with van der Waals surface area (Å²) in [5, 5.41) is 10.6. The highest BCUT2D eigenvalue weighted by molar-refractivity contribution is 5.80. The molecule has 9 heteroatoms. The molecule has 0 saturated carbocycles. The number of hydrogen-bond donors (Lipinski definition) is 1. The number of carbonyl (C=O) groups excluding carboxylic acids is 1. The van der Waals surface area contributed by atoms with Gasteiger partial charge in [0.25, 0.3) is 0 Å². The van der Waals surface area contributed by atoms with E-state index >= 15 is 0 Å². The summed E-state index contributed by atoms with van der Waals surface area (Å²) in [4.78, 5) is 18.2. The Hall–Kier alpha value is -4.40. The third-order valence-corrected chi connectivity index (χ3v) is 7.87. The van der Waals surface area contributed by atoms with Crippen LogP contribution in [0.15, 0.2) is 46.9 Å².